The Labute approximate surface area is 95.7 Å². The monoisotopic (exact) mass is 232 g/mol. The van der Waals surface area contributed by atoms with Crippen LogP contribution in [-0.2, 0) is 19.1 Å². The van der Waals surface area contributed by atoms with E-state index in [0.717, 1.165) is 19.3 Å². The zero-order chi connectivity index (χ0) is 12.6. The standard InChI is InChI=1S/C11H20O5/c1-4-5-6-7-9(12)16-8(2)10(15-3)11(13)14/h8,10H,4-7H2,1-3H3,(H,13,14). The number of hydrogen-bond donors (Lipinski definition) is 1. The fourth-order valence-corrected chi connectivity index (χ4v) is 1.34. The van der Waals surface area contributed by atoms with E-state index in [1.54, 1.807) is 0 Å². The topological polar surface area (TPSA) is 72.8 Å². The van der Waals surface area contributed by atoms with E-state index in [4.69, 9.17) is 14.6 Å². The first-order valence-corrected chi connectivity index (χ1v) is 5.48. The maximum absolute atomic E-state index is 11.3. The molecule has 5 heteroatoms. The van der Waals surface area contributed by atoms with Crippen LogP contribution in [0.3, 0.4) is 0 Å². The van der Waals surface area contributed by atoms with Gasteiger partial charge in [-0.15, -0.1) is 0 Å². The van der Waals surface area contributed by atoms with E-state index in [1.807, 2.05) is 6.92 Å². The molecular formula is C11H20O5. The van der Waals surface area contributed by atoms with Crippen molar-refractivity contribution in [3.8, 4) is 0 Å². The summed E-state index contributed by atoms with van der Waals surface area (Å²) in [6, 6.07) is 0. The van der Waals surface area contributed by atoms with Crippen LogP contribution in [0.2, 0.25) is 0 Å². The van der Waals surface area contributed by atoms with Crippen molar-refractivity contribution in [3.05, 3.63) is 0 Å². The van der Waals surface area contributed by atoms with Gasteiger partial charge in [-0.2, -0.15) is 0 Å². The average molecular weight is 232 g/mol. The Kier molecular flexibility index (Phi) is 7.54. The largest absolute Gasteiger partial charge is 0.479 e. The molecule has 94 valence electrons. The summed E-state index contributed by atoms with van der Waals surface area (Å²) in [4.78, 5) is 22.0. The number of carboxylic acids is 1. The molecule has 0 aromatic carbocycles. The predicted molar refractivity (Wildman–Crippen MR) is 58.1 cm³/mol. The van der Waals surface area contributed by atoms with E-state index in [1.165, 1.54) is 14.0 Å². The minimum atomic E-state index is -1.13. The van der Waals surface area contributed by atoms with E-state index in [2.05, 4.69) is 0 Å². The zero-order valence-corrected chi connectivity index (χ0v) is 10.1. The summed E-state index contributed by atoms with van der Waals surface area (Å²) < 4.78 is 9.69. The SMILES string of the molecule is CCCCCC(=O)OC(C)C(OC)C(=O)O. The van der Waals surface area contributed by atoms with Gasteiger partial charge in [0.05, 0.1) is 0 Å². The minimum Gasteiger partial charge on any atom is -0.479 e. The molecule has 0 saturated heterocycles. The summed E-state index contributed by atoms with van der Waals surface area (Å²) in [6.07, 6.45) is 1.22. The molecule has 16 heavy (non-hydrogen) atoms. The molecular weight excluding hydrogens is 212 g/mol. The predicted octanol–water partition coefficient (Wildman–Crippen LogP) is 1.60. The lowest BCUT2D eigenvalue weighted by Crippen LogP contribution is -2.36. The van der Waals surface area contributed by atoms with Crippen LogP contribution >= 0.6 is 0 Å². The number of methoxy groups -OCH3 is 1. The molecule has 0 aromatic rings. The summed E-state index contributed by atoms with van der Waals surface area (Å²) in [7, 11) is 1.28. The number of hydrogen-bond acceptors (Lipinski definition) is 4. The van der Waals surface area contributed by atoms with E-state index in [0.29, 0.717) is 6.42 Å². The third-order valence-electron chi connectivity index (χ3n) is 2.23. The number of esters is 1. The van der Waals surface area contributed by atoms with Crippen LogP contribution in [-0.4, -0.2) is 36.4 Å². The minimum absolute atomic E-state index is 0.328. The van der Waals surface area contributed by atoms with Gasteiger partial charge in [0.25, 0.3) is 0 Å². The molecule has 1 N–H and O–H groups in total. The van der Waals surface area contributed by atoms with Crippen LogP contribution in [0.25, 0.3) is 0 Å². The van der Waals surface area contributed by atoms with E-state index >= 15 is 0 Å². The third-order valence-corrected chi connectivity index (χ3v) is 2.23. The number of carboxylic acid groups (broad SMARTS) is 1. The first-order chi connectivity index (χ1) is 7.52. The van der Waals surface area contributed by atoms with Gasteiger partial charge in [0, 0.05) is 13.5 Å². The molecule has 0 spiro atoms. The lowest BCUT2D eigenvalue weighted by molar-refractivity contribution is -0.166. The maximum Gasteiger partial charge on any atom is 0.336 e. The first-order valence-electron chi connectivity index (χ1n) is 5.48. The fraction of sp³-hybridized carbons (Fsp3) is 0.818. The van der Waals surface area contributed by atoms with Crippen molar-refractivity contribution >= 4 is 11.9 Å². The van der Waals surface area contributed by atoms with Gasteiger partial charge < -0.3 is 14.6 Å². The van der Waals surface area contributed by atoms with Gasteiger partial charge in [0.1, 0.15) is 6.10 Å². The molecule has 0 aliphatic carbocycles. The average Bonchev–Trinajstić information content (AvgIpc) is 2.18. The van der Waals surface area contributed by atoms with E-state index < -0.39 is 18.2 Å². The number of carbonyl (C=O) groups is 2. The van der Waals surface area contributed by atoms with Crippen molar-refractivity contribution in [3.63, 3.8) is 0 Å². The smallest absolute Gasteiger partial charge is 0.336 e. The van der Waals surface area contributed by atoms with Gasteiger partial charge in [-0.1, -0.05) is 19.8 Å². The van der Waals surface area contributed by atoms with Crippen LogP contribution in [0.1, 0.15) is 39.5 Å². The number of rotatable bonds is 8. The highest BCUT2D eigenvalue weighted by Gasteiger charge is 2.27. The summed E-state index contributed by atoms with van der Waals surface area (Å²) in [6.45, 7) is 3.55. The van der Waals surface area contributed by atoms with Crippen LogP contribution in [0.5, 0.6) is 0 Å². The highest BCUT2D eigenvalue weighted by Crippen LogP contribution is 2.07. The van der Waals surface area contributed by atoms with Gasteiger partial charge in [-0.25, -0.2) is 4.79 Å². The highest BCUT2D eigenvalue weighted by molar-refractivity contribution is 5.74. The summed E-state index contributed by atoms with van der Waals surface area (Å²) in [5.41, 5.74) is 0. The van der Waals surface area contributed by atoms with Crippen LogP contribution in [0.15, 0.2) is 0 Å². The quantitative estimate of drug-likeness (QED) is 0.508. The second-order valence-corrected chi connectivity index (χ2v) is 3.65. The molecule has 5 nitrogen and oxygen atoms in total. The molecule has 0 saturated carbocycles. The zero-order valence-electron chi connectivity index (χ0n) is 10.1. The van der Waals surface area contributed by atoms with Gasteiger partial charge in [-0.05, 0) is 13.3 Å². The molecule has 0 bridgehead atoms. The number of ether oxygens (including phenoxy) is 2. The Bertz CT molecular complexity index is 226. The van der Waals surface area contributed by atoms with Gasteiger partial charge in [0.2, 0.25) is 0 Å². The van der Waals surface area contributed by atoms with Crippen molar-refractivity contribution < 1.29 is 24.2 Å². The molecule has 2 unspecified atom stereocenters. The molecule has 0 heterocycles. The van der Waals surface area contributed by atoms with Crippen molar-refractivity contribution in [2.75, 3.05) is 7.11 Å². The van der Waals surface area contributed by atoms with Crippen molar-refractivity contribution in [2.24, 2.45) is 0 Å². The van der Waals surface area contributed by atoms with Gasteiger partial charge >= 0.3 is 11.9 Å². The summed E-state index contributed by atoms with van der Waals surface area (Å²) >= 11 is 0. The fourth-order valence-electron chi connectivity index (χ4n) is 1.34. The van der Waals surface area contributed by atoms with E-state index in [9.17, 15) is 9.59 Å². The van der Waals surface area contributed by atoms with E-state index in [-0.39, 0.29) is 5.97 Å². The van der Waals surface area contributed by atoms with Crippen molar-refractivity contribution in [1.82, 2.24) is 0 Å². The van der Waals surface area contributed by atoms with Gasteiger partial charge in [0.15, 0.2) is 6.10 Å². The second kappa shape index (κ2) is 8.10. The molecule has 0 radical (unpaired) electrons. The molecule has 0 aliphatic heterocycles. The first kappa shape index (κ1) is 14.9. The molecule has 0 amide bonds. The van der Waals surface area contributed by atoms with Crippen LogP contribution in [0, 0.1) is 0 Å². The lowest BCUT2D eigenvalue weighted by Gasteiger charge is -2.19. The Balaban J connectivity index is 3.97. The Morgan fingerprint density at radius 2 is 1.94 bits per heavy atom. The van der Waals surface area contributed by atoms with Crippen molar-refractivity contribution in [1.29, 1.82) is 0 Å². The molecule has 0 fully saturated rings. The molecule has 0 rings (SSSR count). The second-order valence-electron chi connectivity index (χ2n) is 3.65. The molecule has 2 atom stereocenters. The Morgan fingerprint density at radius 3 is 2.38 bits per heavy atom. The van der Waals surface area contributed by atoms with Gasteiger partial charge in [-0.3, -0.25) is 4.79 Å². The normalized spacial score (nSPS) is 14.2. The number of carbonyl (C=O) groups excluding carboxylic acids is 1. The Morgan fingerprint density at radius 1 is 1.31 bits per heavy atom. The number of aliphatic carboxylic acids is 1. The summed E-state index contributed by atoms with van der Waals surface area (Å²) in [5, 5.41) is 8.75. The van der Waals surface area contributed by atoms with Crippen molar-refractivity contribution in [2.45, 2.75) is 51.7 Å². The highest BCUT2D eigenvalue weighted by atomic mass is 16.6. The Hall–Kier alpha value is -1.10. The number of unbranched alkanes of at least 4 members (excludes halogenated alkanes) is 2. The lowest BCUT2D eigenvalue weighted by atomic mass is 10.2. The van der Waals surface area contributed by atoms with Crippen LogP contribution < -0.4 is 0 Å². The van der Waals surface area contributed by atoms with Crippen LogP contribution in [0.4, 0.5) is 0 Å². The molecule has 0 aromatic heterocycles. The molecule has 0 aliphatic rings. The summed E-state index contributed by atoms with van der Waals surface area (Å²) in [5.74, 6) is -1.50. The third kappa shape index (κ3) is 5.70. The maximum atomic E-state index is 11.3.